The van der Waals surface area contributed by atoms with E-state index in [0.29, 0.717) is 13.0 Å². The average molecular weight is 525 g/mol. The minimum absolute atomic E-state index is 0. The fraction of sp³-hybridized carbons (Fsp3) is 0.516. The molecule has 3 N–H and O–H groups in total. The molecule has 4 rings (SSSR count). The normalized spacial score (nSPS) is 18.1. The number of nitrogens with zero attached hydrogens (tertiary/aromatic N) is 1. The zero-order valence-corrected chi connectivity index (χ0v) is 22.4. The number of hydrogen-bond acceptors (Lipinski definition) is 4. The molecule has 0 aromatic heterocycles. The summed E-state index contributed by atoms with van der Waals surface area (Å²) in [7, 11) is 0. The van der Waals surface area contributed by atoms with Crippen LogP contribution in [-0.2, 0) is 40.3 Å². The van der Waals surface area contributed by atoms with Gasteiger partial charge < -0.3 is 20.9 Å². The predicted octanol–water partition coefficient (Wildman–Crippen LogP) is 4.37. The van der Waals surface area contributed by atoms with E-state index < -0.39 is 6.04 Å². The zero-order valence-electron chi connectivity index (χ0n) is 22.4. The van der Waals surface area contributed by atoms with E-state index in [1.807, 2.05) is 77.9 Å². The summed E-state index contributed by atoms with van der Waals surface area (Å²) in [5.41, 5.74) is 4.38. The maximum atomic E-state index is 12.3. The van der Waals surface area contributed by atoms with Gasteiger partial charge in [0.25, 0.3) is 0 Å². The molecule has 0 saturated carbocycles. The van der Waals surface area contributed by atoms with Crippen molar-refractivity contribution in [1.82, 2.24) is 20.9 Å². The van der Waals surface area contributed by atoms with Crippen LogP contribution in [0, 0.1) is 0 Å². The maximum Gasteiger partial charge on any atom is 0.243 e. The lowest BCUT2D eigenvalue weighted by Gasteiger charge is -2.35. The second-order valence-corrected chi connectivity index (χ2v) is 11.7. The number of carbonyl (C=O) groups excluding carboxylic acids is 3. The first-order valence-corrected chi connectivity index (χ1v) is 12.6. The van der Waals surface area contributed by atoms with Gasteiger partial charge in [-0.15, -0.1) is 0 Å². The molecule has 0 aliphatic carbocycles. The number of amides is 3. The number of nitrogens with one attached hydrogen (secondary N) is 3. The molecule has 2 heterocycles. The van der Waals surface area contributed by atoms with Gasteiger partial charge in [-0.1, -0.05) is 63.4 Å². The molecule has 0 spiro atoms. The topological polar surface area (TPSA) is 90.5 Å². The molecule has 0 saturated heterocycles. The fourth-order valence-corrected chi connectivity index (χ4v) is 4.45. The summed E-state index contributed by atoms with van der Waals surface area (Å²) >= 11 is 0. The first-order chi connectivity index (χ1) is 16.9. The molecule has 0 radical (unpaired) electrons. The van der Waals surface area contributed by atoms with Crippen LogP contribution < -0.4 is 16.0 Å². The van der Waals surface area contributed by atoms with E-state index in [1.165, 1.54) is 11.1 Å². The van der Waals surface area contributed by atoms with Crippen LogP contribution in [0.1, 0.15) is 78.6 Å². The number of hydrogen-bond donors (Lipinski definition) is 3. The summed E-state index contributed by atoms with van der Waals surface area (Å²) in [6, 6.07) is 15.7. The first-order valence-electron chi connectivity index (χ1n) is 12.6. The van der Waals surface area contributed by atoms with Crippen molar-refractivity contribution in [3.05, 3.63) is 70.8 Å². The SMILES string of the molecule is C.C.CC(C)(C)NC(=O)C1Cc2ccccc2CN1.CC(C)(C)NC(=O)C1Cc2ccccc2CN1C=O. The van der Waals surface area contributed by atoms with E-state index in [4.69, 9.17) is 0 Å². The van der Waals surface area contributed by atoms with Crippen molar-refractivity contribution < 1.29 is 14.4 Å². The lowest BCUT2D eigenvalue weighted by molar-refractivity contribution is -0.135. The average Bonchev–Trinajstić information content (AvgIpc) is 2.81. The third-order valence-corrected chi connectivity index (χ3v) is 6.12. The molecule has 7 heteroatoms. The van der Waals surface area contributed by atoms with E-state index >= 15 is 0 Å². The molecular weight excluding hydrogens is 476 g/mol. The molecule has 2 unspecified atom stereocenters. The number of benzene rings is 2. The monoisotopic (exact) mass is 524 g/mol. The Bertz CT molecular complexity index is 1090. The van der Waals surface area contributed by atoms with Crippen LogP contribution in [0.15, 0.2) is 48.5 Å². The second kappa shape index (κ2) is 13.6. The smallest absolute Gasteiger partial charge is 0.243 e. The van der Waals surface area contributed by atoms with Gasteiger partial charge in [0.15, 0.2) is 0 Å². The third-order valence-electron chi connectivity index (χ3n) is 6.12. The minimum Gasteiger partial charge on any atom is -0.350 e. The summed E-state index contributed by atoms with van der Waals surface area (Å²) in [6.07, 6.45) is 2.12. The molecule has 2 aliphatic heterocycles. The molecule has 2 aromatic rings. The highest BCUT2D eigenvalue weighted by Gasteiger charge is 2.32. The number of carbonyl (C=O) groups is 3. The summed E-state index contributed by atoms with van der Waals surface area (Å²) < 4.78 is 0. The van der Waals surface area contributed by atoms with E-state index in [-0.39, 0.29) is 43.8 Å². The summed E-state index contributed by atoms with van der Waals surface area (Å²) in [5.74, 6) is 0.00102. The Morgan fingerprint density at radius 3 is 1.79 bits per heavy atom. The van der Waals surface area contributed by atoms with Crippen molar-refractivity contribution in [3.63, 3.8) is 0 Å². The van der Waals surface area contributed by atoms with E-state index in [1.54, 1.807) is 4.90 Å². The van der Waals surface area contributed by atoms with Crippen molar-refractivity contribution in [2.24, 2.45) is 0 Å². The standard InChI is InChI=1S/C15H20N2O2.C14H20N2O.2CH4/c1-15(2,3)16-14(19)13-8-11-6-4-5-7-12(11)9-17(13)10-18;1-14(2,3)16-13(17)12-8-10-6-4-5-7-11(10)9-15-12;;/h4-7,10,13H,8-9H2,1-3H3,(H,16,19);4-7,12,15H,8-9H2,1-3H3,(H,16,17);2*1H4. The van der Waals surface area contributed by atoms with Crippen molar-refractivity contribution in [2.45, 2.75) is 105 Å². The summed E-state index contributed by atoms with van der Waals surface area (Å²) in [6.45, 7) is 13.1. The van der Waals surface area contributed by atoms with Crippen molar-refractivity contribution in [2.75, 3.05) is 0 Å². The van der Waals surface area contributed by atoms with Gasteiger partial charge in [-0.3, -0.25) is 14.4 Å². The molecule has 2 atom stereocenters. The third kappa shape index (κ3) is 9.28. The quantitative estimate of drug-likeness (QED) is 0.520. The Hall–Kier alpha value is -3.19. The number of fused-ring (bicyclic) bond motifs is 2. The summed E-state index contributed by atoms with van der Waals surface area (Å²) in [5, 5.41) is 9.25. The van der Waals surface area contributed by atoms with Gasteiger partial charge in [-0.05, 0) is 70.2 Å². The lowest BCUT2D eigenvalue weighted by atomic mass is 9.93. The molecule has 210 valence electrons. The van der Waals surface area contributed by atoms with Gasteiger partial charge in [0.1, 0.15) is 6.04 Å². The van der Waals surface area contributed by atoms with Crippen LogP contribution in [0.25, 0.3) is 0 Å². The van der Waals surface area contributed by atoms with Gasteiger partial charge in [0, 0.05) is 30.6 Å². The molecule has 7 nitrogen and oxygen atoms in total. The molecule has 3 amide bonds. The largest absolute Gasteiger partial charge is 0.350 e. The number of rotatable bonds is 3. The van der Waals surface area contributed by atoms with Crippen LogP contribution in [0.3, 0.4) is 0 Å². The van der Waals surface area contributed by atoms with Gasteiger partial charge in [-0.2, -0.15) is 0 Å². The first kappa shape index (κ1) is 32.8. The van der Waals surface area contributed by atoms with Crippen LogP contribution in [0.5, 0.6) is 0 Å². The molecule has 0 fully saturated rings. The van der Waals surface area contributed by atoms with Crippen molar-refractivity contribution in [1.29, 1.82) is 0 Å². The van der Waals surface area contributed by atoms with Crippen LogP contribution in [0.4, 0.5) is 0 Å². The summed E-state index contributed by atoms with van der Waals surface area (Å²) in [4.78, 5) is 37.1. The molecule has 0 bridgehead atoms. The van der Waals surface area contributed by atoms with Gasteiger partial charge in [0.2, 0.25) is 18.2 Å². The van der Waals surface area contributed by atoms with Crippen LogP contribution in [-0.4, -0.2) is 46.3 Å². The highest BCUT2D eigenvalue weighted by Crippen LogP contribution is 2.22. The van der Waals surface area contributed by atoms with E-state index in [2.05, 4.69) is 28.1 Å². The Morgan fingerprint density at radius 2 is 1.26 bits per heavy atom. The molecule has 38 heavy (non-hydrogen) atoms. The highest BCUT2D eigenvalue weighted by atomic mass is 16.2. The molecular formula is C31H48N4O3. The second-order valence-electron chi connectivity index (χ2n) is 11.7. The maximum absolute atomic E-state index is 12.3. The van der Waals surface area contributed by atoms with Crippen LogP contribution >= 0.6 is 0 Å². The lowest BCUT2D eigenvalue weighted by Crippen LogP contribution is -2.54. The Morgan fingerprint density at radius 1 is 0.789 bits per heavy atom. The minimum atomic E-state index is -0.411. The van der Waals surface area contributed by atoms with Gasteiger partial charge in [0.05, 0.1) is 6.04 Å². The highest BCUT2D eigenvalue weighted by molar-refractivity contribution is 5.85. The molecule has 2 aliphatic rings. The Kier molecular flexibility index (Phi) is 11.7. The van der Waals surface area contributed by atoms with E-state index in [9.17, 15) is 14.4 Å². The van der Waals surface area contributed by atoms with Crippen molar-refractivity contribution >= 4 is 18.2 Å². The fourth-order valence-electron chi connectivity index (χ4n) is 4.45. The van der Waals surface area contributed by atoms with Gasteiger partial charge >= 0.3 is 0 Å². The molecule has 2 aromatic carbocycles. The zero-order chi connectivity index (χ0) is 26.5. The van der Waals surface area contributed by atoms with E-state index in [0.717, 1.165) is 30.5 Å². The van der Waals surface area contributed by atoms with Gasteiger partial charge in [-0.25, -0.2) is 0 Å². The van der Waals surface area contributed by atoms with Crippen molar-refractivity contribution in [3.8, 4) is 0 Å². The Labute approximate surface area is 229 Å². The predicted molar refractivity (Wildman–Crippen MR) is 156 cm³/mol. The van der Waals surface area contributed by atoms with Crippen LogP contribution in [0.2, 0.25) is 0 Å². The Balaban J connectivity index is 0.000000363.